The number of amides is 2. The quantitative estimate of drug-likeness (QED) is 0.320. The first-order chi connectivity index (χ1) is 13.0. The second-order valence-electron chi connectivity index (χ2n) is 6.04. The summed E-state index contributed by atoms with van der Waals surface area (Å²) in [5.41, 5.74) is 9.23. The van der Waals surface area contributed by atoms with E-state index in [9.17, 15) is 19.5 Å². The van der Waals surface area contributed by atoms with Crippen molar-refractivity contribution in [1.29, 1.82) is 0 Å². The average Bonchev–Trinajstić information content (AvgIpc) is 2.69. The Morgan fingerprint density at radius 2 is 2.15 bits per heavy atom. The number of benzene rings is 1. The fraction of sp³-hybridized carbons (Fsp3) is 0.438. The largest absolute Gasteiger partial charge is 0.478 e. The second-order valence-corrected chi connectivity index (χ2v) is 6.04. The van der Waals surface area contributed by atoms with Crippen LogP contribution in [0.25, 0.3) is 10.4 Å². The van der Waals surface area contributed by atoms with Crippen molar-refractivity contribution in [2.24, 2.45) is 5.11 Å². The number of aliphatic carboxylic acids is 1. The van der Waals surface area contributed by atoms with Gasteiger partial charge in [-0.15, -0.1) is 0 Å². The molecule has 2 fully saturated rings. The number of ether oxygens (including phenoxy) is 2. The second kappa shape index (κ2) is 7.62. The van der Waals surface area contributed by atoms with Gasteiger partial charge in [0.05, 0.1) is 6.04 Å². The number of carboxylic acids is 1. The molecule has 0 radical (unpaired) electrons. The summed E-state index contributed by atoms with van der Waals surface area (Å²) >= 11 is 0. The van der Waals surface area contributed by atoms with Gasteiger partial charge in [-0.3, -0.25) is 14.5 Å². The van der Waals surface area contributed by atoms with Crippen LogP contribution in [-0.2, 0) is 23.9 Å². The highest BCUT2D eigenvalue weighted by Gasteiger charge is 2.57. The van der Waals surface area contributed by atoms with E-state index in [4.69, 9.17) is 15.0 Å². The lowest BCUT2D eigenvalue weighted by Crippen LogP contribution is -2.77. The van der Waals surface area contributed by atoms with Crippen LogP contribution in [-0.4, -0.2) is 59.5 Å². The zero-order valence-corrected chi connectivity index (χ0v) is 14.3. The van der Waals surface area contributed by atoms with Crippen molar-refractivity contribution < 1.29 is 29.0 Å². The Morgan fingerprint density at radius 3 is 2.74 bits per heavy atom. The maximum absolute atomic E-state index is 12.6. The van der Waals surface area contributed by atoms with Gasteiger partial charge in [0.15, 0.2) is 6.29 Å². The highest BCUT2D eigenvalue weighted by Crippen LogP contribution is 2.34. The smallest absolute Gasteiger partial charge is 0.354 e. The Morgan fingerprint density at radius 1 is 1.44 bits per heavy atom. The molecular weight excluding hydrogens is 358 g/mol. The van der Waals surface area contributed by atoms with E-state index in [1.54, 1.807) is 30.3 Å². The van der Waals surface area contributed by atoms with Gasteiger partial charge >= 0.3 is 5.97 Å². The summed E-state index contributed by atoms with van der Waals surface area (Å²) in [4.78, 5) is 40.1. The molecule has 2 aliphatic heterocycles. The third-order valence-corrected chi connectivity index (χ3v) is 4.53. The Labute approximate surface area is 153 Å². The van der Waals surface area contributed by atoms with Crippen molar-refractivity contribution in [3.05, 3.63) is 46.3 Å². The molecule has 0 spiro atoms. The van der Waals surface area contributed by atoms with Crippen LogP contribution in [0, 0.1) is 0 Å². The van der Waals surface area contributed by atoms with Gasteiger partial charge in [-0.1, -0.05) is 35.4 Å². The Bertz CT molecular complexity index is 796. The number of hydrogen-bond acceptors (Lipinski definition) is 6. The van der Waals surface area contributed by atoms with Crippen molar-refractivity contribution in [2.75, 3.05) is 7.11 Å². The van der Waals surface area contributed by atoms with E-state index >= 15 is 0 Å². The van der Waals surface area contributed by atoms with Crippen molar-refractivity contribution in [3.63, 3.8) is 0 Å². The summed E-state index contributed by atoms with van der Waals surface area (Å²) in [6, 6.07) is 5.71. The molecule has 1 aromatic rings. The Balaban J connectivity index is 1.77. The van der Waals surface area contributed by atoms with Crippen LogP contribution in [0.4, 0.5) is 0 Å². The molecule has 0 aromatic heterocycles. The average molecular weight is 375 g/mol. The molecule has 1 aromatic carbocycles. The van der Waals surface area contributed by atoms with E-state index in [1.807, 2.05) is 0 Å². The summed E-state index contributed by atoms with van der Waals surface area (Å²) < 4.78 is 10.3. The van der Waals surface area contributed by atoms with Crippen molar-refractivity contribution >= 4 is 17.8 Å². The van der Waals surface area contributed by atoms with Crippen LogP contribution in [0.5, 0.6) is 0 Å². The minimum Gasteiger partial charge on any atom is -0.478 e. The van der Waals surface area contributed by atoms with Crippen molar-refractivity contribution in [3.8, 4) is 0 Å². The molecule has 0 bridgehead atoms. The number of methoxy groups -OCH3 is 1. The maximum Gasteiger partial charge on any atom is 0.354 e. The van der Waals surface area contributed by atoms with E-state index in [0.717, 1.165) is 4.90 Å². The summed E-state index contributed by atoms with van der Waals surface area (Å²) in [5.74, 6) is -2.55. The van der Waals surface area contributed by atoms with E-state index < -0.39 is 48.4 Å². The number of carbonyl (C=O) groups is 3. The van der Waals surface area contributed by atoms with Gasteiger partial charge < -0.3 is 19.9 Å². The summed E-state index contributed by atoms with van der Waals surface area (Å²) in [7, 11) is 1.36. The minimum absolute atomic E-state index is 0.203. The third-order valence-electron chi connectivity index (χ3n) is 4.53. The number of fused-ring (bicyclic) bond motifs is 1. The van der Waals surface area contributed by atoms with Crippen LogP contribution >= 0.6 is 0 Å². The molecule has 11 nitrogen and oxygen atoms in total. The van der Waals surface area contributed by atoms with Crippen LogP contribution in [0.15, 0.2) is 35.4 Å². The zero-order chi connectivity index (χ0) is 19.6. The molecule has 5 atom stereocenters. The molecule has 2 heterocycles. The molecule has 0 aliphatic carbocycles. The Kier molecular flexibility index (Phi) is 5.26. The molecule has 2 saturated heterocycles. The summed E-state index contributed by atoms with van der Waals surface area (Å²) in [6.45, 7) is 0. The molecular formula is C16H17N5O6. The first-order valence-electron chi connectivity index (χ1n) is 8.10. The molecule has 3 rings (SSSR count). The molecule has 27 heavy (non-hydrogen) atoms. The molecule has 2 aliphatic rings. The fourth-order valence-electron chi connectivity index (χ4n) is 3.24. The van der Waals surface area contributed by atoms with Gasteiger partial charge in [-0.2, -0.15) is 0 Å². The zero-order valence-electron chi connectivity index (χ0n) is 14.3. The standard InChI is InChI=1S/C16H17N5O6/c1-26-10-7-9-12(14(23)21(9)15(27-10)16(24)25)18-13(22)11(19-20-17)8-5-3-2-4-6-8/h2-6,9-12,15H,7H2,1H3,(H,18,22)(H,24,25). The van der Waals surface area contributed by atoms with Crippen LogP contribution in [0.1, 0.15) is 18.0 Å². The van der Waals surface area contributed by atoms with E-state index in [1.165, 1.54) is 7.11 Å². The van der Waals surface area contributed by atoms with Crippen LogP contribution in [0.2, 0.25) is 0 Å². The monoisotopic (exact) mass is 375 g/mol. The van der Waals surface area contributed by atoms with E-state index in [0.29, 0.717) is 5.56 Å². The number of hydrogen-bond donors (Lipinski definition) is 2. The molecule has 2 amide bonds. The van der Waals surface area contributed by atoms with Crippen LogP contribution < -0.4 is 5.32 Å². The normalized spacial score (nSPS) is 27.6. The van der Waals surface area contributed by atoms with Crippen molar-refractivity contribution in [2.45, 2.75) is 37.1 Å². The lowest BCUT2D eigenvalue weighted by molar-refractivity contribution is -0.262. The first kappa shape index (κ1) is 18.6. The molecule has 11 heteroatoms. The van der Waals surface area contributed by atoms with Gasteiger partial charge in [0.1, 0.15) is 12.1 Å². The number of rotatable bonds is 6. The van der Waals surface area contributed by atoms with Crippen LogP contribution in [0.3, 0.4) is 0 Å². The highest BCUT2D eigenvalue weighted by molar-refractivity contribution is 5.97. The SMILES string of the molecule is COC1CC2C(NC(=O)C(N=[N+]=[N-])c3ccccc3)C(=O)N2C(C(=O)O)O1. The van der Waals surface area contributed by atoms with Gasteiger partial charge in [0, 0.05) is 18.4 Å². The maximum atomic E-state index is 12.6. The van der Waals surface area contributed by atoms with Gasteiger partial charge in [0.2, 0.25) is 18.0 Å². The Hall–Kier alpha value is -3.14. The predicted octanol–water partition coefficient (Wildman–Crippen LogP) is 0.537. The summed E-state index contributed by atoms with van der Waals surface area (Å²) in [6.07, 6.45) is -2.09. The molecule has 2 N–H and O–H groups in total. The van der Waals surface area contributed by atoms with E-state index in [2.05, 4.69) is 15.3 Å². The molecule has 5 unspecified atom stereocenters. The number of carbonyl (C=O) groups excluding carboxylic acids is 2. The lowest BCUT2D eigenvalue weighted by Gasteiger charge is -2.53. The number of nitrogens with one attached hydrogen (secondary N) is 1. The van der Waals surface area contributed by atoms with E-state index in [-0.39, 0.29) is 6.42 Å². The lowest BCUT2D eigenvalue weighted by atomic mass is 9.89. The molecule has 0 saturated carbocycles. The van der Waals surface area contributed by atoms with Gasteiger partial charge in [0.25, 0.3) is 0 Å². The number of carboxylic acid groups (broad SMARTS) is 1. The minimum atomic E-state index is -1.48. The number of nitrogens with zero attached hydrogens (tertiary/aromatic N) is 4. The fourth-order valence-corrected chi connectivity index (χ4v) is 3.24. The van der Waals surface area contributed by atoms with Crippen molar-refractivity contribution in [1.82, 2.24) is 10.2 Å². The highest BCUT2D eigenvalue weighted by atomic mass is 16.7. The van der Waals surface area contributed by atoms with Gasteiger partial charge in [-0.05, 0) is 11.1 Å². The third kappa shape index (κ3) is 3.43. The first-order valence-corrected chi connectivity index (χ1v) is 8.10. The molecule has 142 valence electrons. The summed E-state index contributed by atoms with van der Waals surface area (Å²) in [5, 5.41) is 15.3. The topological polar surface area (TPSA) is 154 Å². The number of β-lactam (4-membered cyclic amide) rings is 1. The predicted molar refractivity (Wildman–Crippen MR) is 88.8 cm³/mol. The van der Waals surface area contributed by atoms with Gasteiger partial charge in [-0.25, -0.2) is 4.79 Å². The number of azide groups is 1.